The van der Waals surface area contributed by atoms with Crippen molar-refractivity contribution in [3.05, 3.63) is 23.3 Å². The molecule has 2 nitrogen and oxygen atoms in total. The highest BCUT2D eigenvalue weighted by Gasteiger charge is 2.07. The van der Waals surface area contributed by atoms with E-state index in [0.29, 0.717) is 0 Å². The number of methoxy groups -OCH3 is 2. The molecule has 0 atom stereocenters. The summed E-state index contributed by atoms with van der Waals surface area (Å²) >= 11 is 3.41. The molecule has 1 aromatic carbocycles. The fourth-order valence-electron chi connectivity index (χ4n) is 1.32. The molecular formula is C10H13BrO2. The van der Waals surface area contributed by atoms with Crippen LogP contribution in [0.3, 0.4) is 0 Å². The molecule has 1 aromatic rings. The smallest absolute Gasteiger partial charge is 0.126 e. The molecule has 0 N–H and O–H groups in total. The van der Waals surface area contributed by atoms with Crippen molar-refractivity contribution in [2.75, 3.05) is 14.2 Å². The number of benzene rings is 1. The Labute approximate surface area is 87.0 Å². The molecule has 0 unspecified atom stereocenters. The number of hydrogen-bond acceptors (Lipinski definition) is 2. The lowest BCUT2D eigenvalue weighted by molar-refractivity contribution is 0.397. The fraction of sp³-hybridized carbons (Fsp3) is 0.400. The Kier molecular flexibility index (Phi) is 3.60. The summed E-state index contributed by atoms with van der Waals surface area (Å²) in [5, 5.41) is 0.772. The summed E-state index contributed by atoms with van der Waals surface area (Å²) in [6.45, 7) is 2.01. The van der Waals surface area contributed by atoms with Crippen molar-refractivity contribution in [3.8, 4) is 11.5 Å². The summed E-state index contributed by atoms with van der Waals surface area (Å²) in [5.41, 5.74) is 2.20. The van der Waals surface area contributed by atoms with E-state index in [1.54, 1.807) is 14.2 Å². The minimum atomic E-state index is 0.772. The van der Waals surface area contributed by atoms with Crippen molar-refractivity contribution in [3.63, 3.8) is 0 Å². The second kappa shape index (κ2) is 4.51. The Hall–Kier alpha value is -0.700. The van der Waals surface area contributed by atoms with Crippen LogP contribution in [0.5, 0.6) is 11.5 Å². The van der Waals surface area contributed by atoms with E-state index in [2.05, 4.69) is 15.9 Å². The van der Waals surface area contributed by atoms with Gasteiger partial charge < -0.3 is 9.47 Å². The third-order valence-corrected chi connectivity index (χ3v) is 2.51. The normalized spacial score (nSPS) is 9.85. The molecule has 0 aliphatic carbocycles. The Morgan fingerprint density at radius 1 is 1.23 bits per heavy atom. The molecule has 0 spiro atoms. The van der Waals surface area contributed by atoms with Gasteiger partial charge >= 0.3 is 0 Å². The van der Waals surface area contributed by atoms with Gasteiger partial charge in [-0.15, -0.1) is 0 Å². The molecule has 0 heterocycles. The van der Waals surface area contributed by atoms with Crippen LogP contribution < -0.4 is 9.47 Å². The molecule has 0 aromatic heterocycles. The van der Waals surface area contributed by atoms with Gasteiger partial charge in [0.15, 0.2) is 0 Å². The number of ether oxygens (including phenoxy) is 2. The molecular weight excluding hydrogens is 232 g/mol. The summed E-state index contributed by atoms with van der Waals surface area (Å²) in [6, 6.07) is 3.94. The third kappa shape index (κ3) is 2.15. The molecule has 0 amide bonds. The highest BCUT2D eigenvalue weighted by atomic mass is 79.9. The Bertz CT molecular complexity index is 297. The largest absolute Gasteiger partial charge is 0.497 e. The molecule has 0 fully saturated rings. The lowest BCUT2D eigenvalue weighted by Gasteiger charge is -2.11. The maximum absolute atomic E-state index is 5.28. The lowest BCUT2D eigenvalue weighted by Crippen LogP contribution is -1.94. The maximum Gasteiger partial charge on any atom is 0.126 e. The fourth-order valence-corrected chi connectivity index (χ4v) is 1.74. The summed E-state index contributed by atoms with van der Waals surface area (Å²) in [7, 11) is 3.35. The molecule has 0 saturated heterocycles. The maximum atomic E-state index is 5.28. The number of halogens is 1. The van der Waals surface area contributed by atoms with E-state index < -0.39 is 0 Å². The van der Waals surface area contributed by atoms with Crippen molar-refractivity contribution in [1.82, 2.24) is 0 Å². The summed E-state index contributed by atoms with van der Waals surface area (Å²) in [4.78, 5) is 0. The summed E-state index contributed by atoms with van der Waals surface area (Å²) in [5.74, 6) is 1.80. The molecule has 0 aliphatic rings. The standard InChI is InChI=1S/C10H13BrO2/c1-7-4-9(12-2)5-8(6-11)10(7)13-3/h4-5H,6H2,1-3H3. The van der Waals surface area contributed by atoms with Gasteiger partial charge in [0.05, 0.1) is 14.2 Å². The van der Waals surface area contributed by atoms with Gasteiger partial charge in [0.2, 0.25) is 0 Å². The first-order chi connectivity index (χ1) is 6.22. The van der Waals surface area contributed by atoms with Crippen molar-refractivity contribution < 1.29 is 9.47 Å². The van der Waals surface area contributed by atoms with E-state index in [-0.39, 0.29) is 0 Å². The van der Waals surface area contributed by atoms with Gasteiger partial charge in [0.1, 0.15) is 11.5 Å². The monoisotopic (exact) mass is 244 g/mol. The van der Waals surface area contributed by atoms with Crippen LogP contribution in [0.15, 0.2) is 12.1 Å². The highest BCUT2D eigenvalue weighted by Crippen LogP contribution is 2.30. The summed E-state index contributed by atoms with van der Waals surface area (Å²) in [6.07, 6.45) is 0. The van der Waals surface area contributed by atoms with Gasteiger partial charge in [-0.05, 0) is 24.6 Å². The second-order valence-electron chi connectivity index (χ2n) is 2.77. The van der Waals surface area contributed by atoms with E-state index in [4.69, 9.17) is 9.47 Å². The van der Waals surface area contributed by atoms with Crippen LogP contribution in [0, 0.1) is 6.92 Å². The van der Waals surface area contributed by atoms with Crippen LogP contribution in [-0.4, -0.2) is 14.2 Å². The quantitative estimate of drug-likeness (QED) is 0.762. The average Bonchev–Trinajstić information content (AvgIpc) is 2.16. The predicted molar refractivity (Wildman–Crippen MR) is 56.9 cm³/mol. The van der Waals surface area contributed by atoms with Crippen molar-refractivity contribution >= 4 is 15.9 Å². The van der Waals surface area contributed by atoms with Crippen LogP contribution in [0.2, 0.25) is 0 Å². The lowest BCUT2D eigenvalue weighted by atomic mass is 10.1. The summed E-state index contributed by atoms with van der Waals surface area (Å²) < 4.78 is 10.4. The first-order valence-electron chi connectivity index (χ1n) is 4.00. The second-order valence-corrected chi connectivity index (χ2v) is 3.33. The van der Waals surface area contributed by atoms with E-state index in [1.807, 2.05) is 19.1 Å². The van der Waals surface area contributed by atoms with Crippen LogP contribution >= 0.6 is 15.9 Å². The van der Waals surface area contributed by atoms with Crippen molar-refractivity contribution in [2.24, 2.45) is 0 Å². The zero-order valence-corrected chi connectivity index (χ0v) is 9.64. The SMILES string of the molecule is COc1cc(C)c(OC)c(CBr)c1. The number of alkyl halides is 1. The van der Waals surface area contributed by atoms with E-state index >= 15 is 0 Å². The molecule has 1 rings (SSSR count). The van der Waals surface area contributed by atoms with Gasteiger partial charge in [-0.25, -0.2) is 0 Å². The zero-order chi connectivity index (χ0) is 9.84. The predicted octanol–water partition coefficient (Wildman–Crippen LogP) is 2.91. The average molecular weight is 245 g/mol. The van der Waals surface area contributed by atoms with Crippen LogP contribution in [0.1, 0.15) is 11.1 Å². The molecule has 72 valence electrons. The minimum absolute atomic E-state index is 0.772. The Morgan fingerprint density at radius 3 is 2.38 bits per heavy atom. The Morgan fingerprint density at radius 2 is 1.92 bits per heavy atom. The van der Waals surface area contributed by atoms with Gasteiger partial charge in [-0.1, -0.05) is 15.9 Å². The topological polar surface area (TPSA) is 18.5 Å². The zero-order valence-electron chi connectivity index (χ0n) is 8.06. The van der Waals surface area contributed by atoms with Crippen molar-refractivity contribution in [1.29, 1.82) is 0 Å². The number of aryl methyl sites for hydroxylation is 1. The molecule has 0 bridgehead atoms. The molecule has 0 aliphatic heterocycles. The van der Waals surface area contributed by atoms with E-state index in [0.717, 1.165) is 28.0 Å². The first-order valence-corrected chi connectivity index (χ1v) is 5.12. The van der Waals surface area contributed by atoms with Crippen molar-refractivity contribution in [2.45, 2.75) is 12.3 Å². The number of rotatable bonds is 3. The van der Waals surface area contributed by atoms with Gasteiger partial charge in [-0.2, -0.15) is 0 Å². The van der Waals surface area contributed by atoms with Crippen LogP contribution in [0.25, 0.3) is 0 Å². The van der Waals surface area contributed by atoms with Gasteiger partial charge in [-0.3, -0.25) is 0 Å². The van der Waals surface area contributed by atoms with E-state index in [1.165, 1.54) is 0 Å². The van der Waals surface area contributed by atoms with Crippen LogP contribution in [0.4, 0.5) is 0 Å². The number of hydrogen-bond donors (Lipinski definition) is 0. The highest BCUT2D eigenvalue weighted by molar-refractivity contribution is 9.08. The molecule has 0 radical (unpaired) electrons. The van der Waals surface area contributed by atoms with Gasteiger partial charge in [0.25, 0.3) is 0 Å². The molecule has 13 heavy (non-hydrogen) atoms. The molecule has 0 saturated carbocycles. The third-order valence-electron chi connectivity index (χ3n) is 1.91. The molecule has 3 heteroatoms. The van der Waals surface area contributed by atoms with Crippen LogP contribution in [-0.2, 0) is 5.33 Å². The van der Waals surface area contributed by atoms with Gasteiger partial charge in [0, 0.05) is 10.9 Å². The minimum Gasteiger partial charge on any atom is -0.497 e. The van der Waals surface area contributed by atoms with E-state index in [9.17, 15) is 0 Å². The first kappa shape index (κ1) is 10.4. The Balaban J connectivity index is 3.20.